The van der Waals surface area contributed by atoms with Crippen molar-refractivity contribution < 1.29 is 4.79 Å². The average Bonchev–Trinajstić information content (AvgIpc) is 2.95. The van der Waals surface area contributed by atoms with E-state index in [-0.39, 0.29) is 5.78 Å². The van der Waals surface area contributed by atoms with Crippen LogP contribution in [0.2, 0.25) is 0 Å². The van der Waals surface area contributed by atoms with Crippen molar-refractivity contribution in [1.82, 2.24) is 4.98 Å². The smallest absolute Gasteiger partial charge is 0.186 e. The SMILES string of the molecule is CC(=O)/C(=N\Nc1ccc(C)cc1)Sc1nc2ccccc2s1. The fourth-order valence-corrected chi connectivity index (χ4v) is 3.81. The lowest BCUT2D eigenvalue weighted by atomic mass is 10.2. The van der Waals surface area contributed by atoms with Gasteiger partial charge in [-0.1, -0.05) is 29.8 Å². The Labute approximate surface area is 142 Å². The number of rotatable bonds is 4. The van der Waals surface area contributed by atoms with Gasteiger partial charge < -0.3 is 0 Å². The number of carbonyl (C=O) groups excluding carboxylic acids is 1. The van der Waals surface area contributed by atoms with Gasteiger partial charge >= 0.3 is 0 Å². The summed E-state index contributed by atoms with van der Waals surface area (Å²) in [6, 6.07) is 15.8. The molecule has 0 aliphatic heterocycles. The lowest BCUT2D eigenvalue weighted by molar-refractivity contribution is -0.110. The number of hydrogen-bond acceptors (Lipinski definition) is 6. The Balaban J connectivity index is 1.79. The van der Waals surface area contributed by atoms with E-state index in [1.807, 2.05) is 55.5 Å². The molecule has 6 heteroatoms. The summed E-state index contributed by atoms with van der Waals surface area (Å²) in [5, 5.41) is 4.63. The molecule has 3 aromatic rings. The second kappa shape index (κ2) is 6.93. The van der Waals surface area contributed by atoms with E-state index in [1.165, 1.54) is 24.2 Å². The van der Waals surface area contributed by atoms with E-state index >= 15 is 0 Å². The van der Waals surface area contributed by atoms with Gasteiger partial charge in [-0.25, -0.2) is 4.98 Å². The van der Waals surface area contributed by atoms with Crippen LogP contribution >= 0.6 is 23.1 Å². The van der Waals surface area contributed by atoms with Crippen LogP contribution < -0.4 is 5.43 Å². The van der Waals surface area contributed by atoms with Crippen molar-refractivity contribution in [3.05, 3.63) is 54.1 Å². The van der Waals surface area contributed by atoms with Crippen molar-refractivity contribution in [3.8, 4) is 0 Å². The molecule has 0 unspecified atom stereocenters. The third-order valence-electron chi connectivity index (χ3n) is 3.10. The van der Waals surface area contributed by atoms with E-state index in [2.05, 4.69) is 15.5 Å². The van der Waals surface area contributed by atoms with E-state index in [9.17, 15) is 4.79 Å². The molecule has 0 atom stereocenters. The molecule has 4 nitrogen and oxygen atoms in total. The molecule has 23 heavy (non-hydrogen) atoms. The van der Waals surface area contributed by atoms with Crippen LogP contribution in [0.1, 0.15) is 12.5 Å². The zero-order valence-electron chi connectivity index (χ0n) is 12.7. The zero-order chi connectivity index (χ0) is 16.2. The molecule has 116 valence electrons. The number of hydrogen-bond donors (Lipinski definition) is 1. The van der Waals surface area contributed by atoms with Crippen molar-refractivity contribution in [2.24, 2.45) is 5.10 Å². The van der Waals surface area contributed by atoms with Gasteiger partial charge in [0.2, 0.25) is 0 Å². The van der Waals surface area contributed by atoms with Gasteiger partial charge in [-0.05, 0) is 43.0 Å². The Morgan fingerprint density at radius 1 is 1.17 bits per heavy atom. The van der Waals surface area contributed by atoms with Crippen LogP contribution in [-0.4, -0.2) is 15.8 Å². The van der Waals surface area contributed by atoms with Gasteiger partial charge in [0.15, 0.2) is 15.2 Å². The van der Waals surface area contributed by atoms with Crippen molar-refractivity contribution in [1.29, 1.82) is 0 Å². The van der Waals surface area contributed by atoms with Crippen molar-refractivity contribution in [3.63, 3.8) is 0 Å². The molecule has 0 aliphatic carbocycles. The molecule has 0 saturated heterocycles. The average molecular weight is 341 g/mol. The summed E-state index contributed by atoms with van der Waals surface area (Å²) >= 11 is 2.85. The molecule has 2 aromatic carbocycles. The van der Waals surface area contributed by atoms with Crippen LogP contribution in [0.3, 0.4) is 0 Å². The van der Waals surface area contributed by atoms with Crippen LogP contribution in [0.25, 0.3) is 10.2 Å². The lowest BCUT2D eigenvalue weighted by Crippen LogP contribution is -2.08. The number of hydrazone groups is 1. The van der Waals surface area contributed by atoms with Crippen LogP contribution in [0.5, 0.6) is 0 Å². The monoisotopic (exact) mass is 341 g/mol. The molecule has 0 saturated carbocycles. The first-order valence-corrected chi connectivity index (χ1v) is 8.70. The van der Waals surface area contributed by atoms with E-state index < -0.39 is 0 Å². The summed E-state index contributed by atoms with van der Waals surface area (Å²) in [5.41, 5.74) is 5.89. The number of anilines is 1. The van der Waals surface area contributed by atoms with Gasteiger partial charge in [0.1, 0.15) is 0 Å². The highest BCUT2D eigenvalue weighted by atomic mass is 32.2. The first-order chi connectivity index (χ1) is 11.1. The van der Waals surface area contributed by atoms with Crippen LogP contribution in [-0.2, 0) is 4.79 Å². The normalized spacial score (nSPS) is 11.7. The topological polar surface area (TPSA) is 54.4 Å². The third kappa shape index (κ3) is 3.97. The molecule has 0 aliphatic rings. The molecular weight excluding hydrogens is 326 g/mol. The number of aromatic nitrogens is 1. The lowest BCUT2D eigenvalue weighted by Gasteiger charge is -2.03. The molecule has 0 radical (unpaired) electrons. The number of fused-ring (bicyclic) bond motifs is 1. The fourth-order valence-electron chi connectivity index (χ4n) is 1.89. The van der Waals surface area contributed by atoms with Crippen LogP contribution in [0, 0.1) is 6.92 Å². The van der Waals surface area contributed by atoms with Crippen molar-refractivity contribution in [2.45, 2.75) is 18.2 Å². The minimum Gasteiger partial charge on any atom is -0.292 e. The largest absolute Gasteiger partial charge is 0.292 e. The summed E-state index contributed by atoms with van der Waals surface area (Å²) in [6.45, 7) is 3.53. The minimum absolute atomic E-state index is 0.0890. The number of aryl methyl sites for hydroxylation is 1. The number of nitrogens with one attached hydrogen (secondary N) is 1. The summed E-state index contributed by atoms with van der Waals surface area (Å²) in [4.78, 5) is 16.3. The van der Waals surface area contributed by atoms with E-state index in [4.69, 9.17) is 0 Å². The predicted molar refractivity (Wildman–Crippen MR) is 98.4 cm³/mol. The molecule has 0 bridgehead atoms. The highest BCUT2D eigenvalue weighted by Crippen LogP contribution is 2.30. The molecule has 1 aromatic heterocycles. The standard InChI is InChI=1S/C17H15N3OS2/c1-11-7-9-13(10-8-11)19-20-16(12(2)21)23-17-18-14-5-3-4-6-15(14)22-17/h3-10,19H,1-2H3/b20-16+. The minimum atomic E-state index is -0.0890. The maximum atomic E-state index is 11.8. The highest BCUT2D eigenvalue weighted by molar-refractivity contribution is 8.17. The van der Waals surface area contributed by atoms with E-state index in [1.54, 1.807) is 11.3 Å². The number of carbonyl (C=O) groups is 1. The molecule has 0 spiro atoms. The molecule has 0 fully saturated rings. The summed E-state index contributed by atoms with van der Waals surface area (Å²) in [7, 11) is 0. The number of thiazole rings is 1. The molecule has 1 N–H and O–H groups in total. The molecular formula is C17H15N3OS2. The van der Waals surface area contributed by atoms with Gasteiger partial charge in [0, 0.05) is 6.92 Å². The highest BCUT2D eigenvalue weighted by Gasteiger charge is 2.12. The maximum absolute atomic E-state index is 11.8. The number of para-hydroxylation sites is 1. The Morgan fingerprint density at radius 2 is 1.91 bits per heavy atom. The summed E-state index contributed by atoms with van der Waals surface area (Å²) in [5.74, 6) is -0.0890. The number of ketones is 1. The van der Waals surface area contributed by atoms with Gasteiger partial charge in [0.05, 0.1) is 15.9 Å². The summed E-state index contributed by atoms with van der Waals surface area (Å²) in [6.07, 6.45) is 0. The molecule has 3 rings (SSSR count). The Hall–Kier alpha value is -2.18. The third-order valence-corrected chi connectivity index (χ3v) is 5.27. The zero-order valence-corrected chi connectivity index (χ0v) is 14.4. The van der Waals surface area contributed by atoms with Gasteiger partial charge in [-0.15, -0.1) is 11.3 Å². The Morgan fingerprint density at radius 3 is 2.61 bits per heavy atom. The predicted octanol–water partition coefficient (Wildman–Crippen LogP) is 4.71. The number of Topliss-reactive ketones (excluding diaryl/α,β-unsaturated/α-hetero) is 1. The Kier molecular flexibility index (Phi) is 4.73. The number of nitrogens with zero attached hydrogens (tertiary/aromatic N) is 2. The second-order valence-electron chi connectivity index (χ2n) is 5.00. The van der Waals surface area contributed by atoms with E-state index in [0.29, 0.717) is 5.04 Å². The van der Waals surface area contributed by atoms with Crippen molar-refractivity contribution >= 4 is 49.8 Å². The first-order valence-electron chi connectivity index (χ1n) is 7.06. The Bertz CT molecular complexity index is 836. The number of benzene rings is 2. The second-order valence-corrected chi connectivity index (χ2v) is 7.27. The van der Waals surface area contributed by atoms with Crippen LogP contribution in [0.4, 0.5) is 5.69 Å². The molecule has 1 heterocycles. The molecule has 0 amide bonds. The van der Waals surface area contributed by atoms with Gasteiger partial charge in [-0.2, -0.15) is 5.10 Å². The fraction of sp³-hybridized carbons (Fsp3) is 0.118. The first kappa shape index (κ1) is 15.7. The quantitative estimate of drug-likeness (QED) is 0.323. The van der Waals surface area contributed by atoms with E-state index in [0.717, 1.165) is 20.2 Å². The number of thioether (sulfide) groups is 1. The van der Waals surface area contributed by atoms with Gasteiger partial charge in [0.25, 0.3) is 0 Å². The van der Waals surface area contributed by atoms with Crippen molar-refractivity contribution in [2.75, 3.05) is 5.43 Å². The summed E-state index contributed by atoms with van der Waals surface area (Å²) < 4.78 is 1.91. The van der Waals surface area contributed by atoms with Crippen LogP contribution in [0.15, 0.2) is 58.0 Å². The maximum Gasteiger partial charge on any atom is 0.186 e. The van der Waals surface area contributed by atoms with Gasteiger partial charge in [-0.3, -0.25) is 10.2 Å².